The molecule has 1 aromatic carbocycles. The van der Waals surface area contributed by atoms with E-state index in [4.69, 9.17) is 4.89 Å². The molecular weight excluding hydrogens is 243 g/mol. The molecule has 4 heteroatoms. The number of benzene rings is 1. The van der Waals surface area contributed by atoms with Crippen molar-refractivity contribution in [1.29, 1.82) is 0 Å². The van der Waals surface area contributed by atoms with E-state index >= 15 is 0 Å². The first kappa shape index (κ1) is 10.0. The Hall–Kier alpha value is 0.0203. The van der Waals surface area contributed by atoms with Crippen LogP contribution < -0.4 is 5.30 Å². The Bertz CT molecular complexity index is 212. The molecule has 0 amide bonds. The summed E-state index contributed by atoms with van der Waals surface area (Å²) < 4.78 is 10.3. The van der Waals surface area contributed by atoms with Crippen molar-refractivity contribution in [3.8, 4) is 0 Å². The van der Waals surface area contributed by atoms with Crippen molar-refractivity contribution in [1.82, 2.24) is 0 Å². The second-order valence-corrected chi connectivity index (χ2v) is 2.67. The number of hydrogen-bond acceptors (Lipinski definition) is 1. The van der Waals surface area contributed by atoms with E-state index in [9.17, 15) is 4.57 Å². The second kappa shape index (κ2) is 4.78. The van der Waals surface area contributed by atoms with Crippen molar-refractivity contribution < 1.29 is 31.8 Å². The van der Waals surface area contributed by atoms with Crippen LogP contribution in [-0.2, 0) is 26.9 Å². The van der Waals surface area contributed by atoms with Gasteiger partial charge >= 0.3 is 8.03 Å². The van der Waals surface area contributed by atoms with Crippen LogP contribution in [0.5, 0.6) is 0 Å². The van der Waals surface area contributed by atoms with Gasteiger partial charge in [0, 0.05) is 22.4 Å². The summed E-state index contributed by atoms with van der Waals surface area (Å²) in [6, 6.07) is 8.53. The predicted octanol–water partition coefficient (Wildman–Crippen LogP) is 1.04. The maximum atomic E-state index is 10.3. The Labute approximate surface area is 75.7 Å². The third-order valence-corrected chi connectivity index (χ3v) is 1.72. The summed E-state index contributed by atoms with van der Waals surface area (Å²) >= 11 is 0. The number of hydrogen-bond donors (Lipinski definition) is 1. The topological polar surface area (TPSA) is 37.3 Å². The van der Waals surface area contributed by atoms with Crippen molar-refractivity contribution >= 4 is 13.3 Å². The van der Waals surface area contributed by atoms with E-state index in [0.29, 0.717) is 5.30 Å². The van der Waals surface area contributed by atoms with Gasteiger partial charge in [0.2, 0.25) is 5.30 Å². The van der Waals surface area contributed by atoms with E-state index < -0.39 is 8.03 Å². The van der Waals surface area contributed by atoms with Gasteiger partial charge in [0.05, 0.1) is 0 Å². The third kappa shape index (κ3) is 2.74. The molecular formula is C6H6AgO2P+. The molecule has 0 aliphatic carbocycles. The molecule has 1 aromatic rings. The fraction of sp³-hybridized carbons (Fsp3) is 0. The third-order valence-electron chi connectivity index (χ3n) is 0.977. The quantitative estimate of drug-likeness (QED) is 0.596. The molecule has 0 aliphatic heterocycles. The standard InChI is InChI=1S/C6H5O2P.Ag/c7-9(8)6-4-2-1-3-5-6;/h1-5H;/p+1. The van der Waals surface area contributed by atoms with Gasteiger partial charge in [-0.2, -0.15) is 4.89 Å². The van der Waals surface area contributed by atoms with Crippen LogP contribution in [0.25, 0.3) is 0 Å². The molecule has 0 heterocycles. The van der Waals surface area contributed by atoms with Gasteiger partial charge in [0.1, 0.15) is 0 Å². The van der Waals surface area contributed by atoms with Crippen LogP contribution in [0.4, 0.5) is 0 Å². The summed E-state index contributed by atoms with van der Waals surface area (Å²) in [7, 11) is -2.15. The molecule has 2 nitrogen and oxygen atoms in total. The summed E-state index contributed by atoms with van der Waals surface area (Å²) in [5.41, 5.74) is 0. The fourth-order valence-electron chi connectivity index (χ4n) is 0.556. The maximum Gasteiger partial charge on any atom is 0.546 e. The molecule has 0 spiro atoms. The van der Waals surface area contributed by atoms with E-state index in [2.05, 4.69) is 0 Å². The monoisotopic (exact) mass is 248 g/mol. The van der Waals surface area contributed by atoms with Gasteiger partial charge in [-0.05, 0) is 16.7 Å². The van der Waals surface area contributed by atoms with Crippen LogP contribution in [0.1, 0.15) is 0 Å². The van der Waals surface area contributed by atoms with Crippen molar-refractivity contribution in [3.05, 3.63) is 30.3 Å². The average molecular weight is 249 g/mol. The minimum atomic E-state index is -2.15. The van der Waals surface area contributed by atoms with E-state index in [1.54, 1.807) is 24.3 Å². The first-order valence-corrected chi connectivity index (χ1v) is 3.73. The molecule has 1 atom stereocenters. The molecule has 0 saturated carbocycles. The minimum absolute atomic E-state index is 0. The Kier molecular flexibility index (Phi) is 4.79. The van der Waals surface area contributed by atoms with Gasteiger partial charge in [-0.25, -0.2) is 0 Å². The Morgan fingerprint density at radius 1 is 1.20 bits per heavy atom. The van der Waals surface area contributed by atoms with Crippen LogP contribution in [0, 0.1) is 0 Å². The smallest absolute Gasteiger partial charge is 0.156 e. The zero-order valence-corrected chi connectivity index (χ0v) is 7.37. The second-order valence-electron chi connectivity index (χ2n) is 1.61. The molecule has 1 N–H and O–H groups in total. The first-order valence-electron chi connectivity index (χ1n) is 2.52. The molecule has 10 heavy (non-hydrogen) atoms. The zero-order valence-electron chi connectivity index (χ0n) is 4.99. The van der Waals surface area contributed by atoms with Crippen LogP contribution >= 0.6 is 8.03 Å². The molecule has 1 radical (unpaired) electrons. The van der Waals surface area contributed by atoms with Gasteiger partial charge in [-0.3, -0.25) is 0 Å². The molecule has 0 bridgehead atoms. The zero-order chi connectivity index (χ0) is 6.69. The Balaban J connectivity index is 0.000000810. The van der Waals surface area contributed by atoms with Crippen molar-refractivity contribution in [2.75, 3.05) is 0 Å². The van der Waals surface area contributed by atoms with Gasteiger partial charge < -0.3 is 0 Å². The Morgan fingerprint density at radius 3 is 2.00 bits per heavy atom. The van der Waals surface area contributed by atoms with Gasteiger partial charge in [0.15, 0.2) is 0 Å². The summed E-state index contributed by atoms with van der Waals surface area (Å²) in [5, 5.41) is 0.479. The molecule has 0 aromatic heterocycles. The molecule has 0 saturated heterocycles. The van der Waals surface area contributed by atoms with Crippen molar-refractivity contribution in [2.45, 2.75) is 0 Å². The van der Waals surface area contributed by atoms with Crippen molar-refractivity contribution in [3.63, 3.8) is 0 Å². The van der Waals surface area contributed by atoms with Crippen LogP contribution in [0.3, 0.4) is 0 Å². The SMILES string of the molecule is O=[P+](O)c1ccccc1.[Ag]. The van der Waals surface area contributed by atoms with Crippen LogP contribution in [-0.4, -0.2) is 4.89 Å². The predicted molar refractivity (Wildman–Crippen MR) is 35.9 cm³/mol. The van der Waals surface area contributed by atoms with Gasteiger partial charge in [-0.1, -0.05) is 18.2 Å². The average Bonchev–Trinajstić information content (AvgIpc) is 1.90. The number of rotatable bonds is 1. The van der Waals surface area contributed by atoms with Gasteiger partial charge in [-0.15, -0.1) is 0 Å². The molecule has 0 fully saturated rings. The van der Waals surface area contributed by atoms with Crippen molar-refractivity contribution in [2.24, 2.45) is 0 Å². The molecule has 57 valence electrons. The largest absolute Gasteiger partial charge is 0.546 e. The summed E-state index contributed by atoms with van der Waals surface area (Å²) in [4.78, 5) is 8.53. The minimum Gasteiger partial charge on any atom is -0.156 e. The Morgan fingerprint density at radius 2 is 1.70 bits per heavy atom. The maximum absolute atomic E-state index is 10.3. The normalized spacial score (nSPS) is 9.90. The molecule has 1 unspecified atom stereocenters. The van der Waals surface area contributed by atoms with E-state index in [-0.39, 0.29) is 22.4 Å². The van der Waals surface area contributed by atoms with Crippen LogP contribution in [0.2, 0.25) is 0 Å². The van der Waals surface area contributed by atoms with E-state index in [0.717, 1.165) is 0 Å². The summed E-state index contributed by atoms with van der Waals surface area (Å²) in [6.07, 6.45) is 0. The molecule has 1 rings (SSSR count). The van der Waals surface area contributed by atoms with E-state index in [1.165, 1.54) is 0 Å². The van der Waals surface area contributed by atoms with Gasteiger partial charge in [0.25, 0.3) is 0 Å². The van der Waals surface area contributed by atoms with E-state index in [1.807, 2.05) is 6.07 Å². The fourth-order valence-corrected chi connectivity index (χ4v) is 0.983. The van der Waals surface area contributed by atoms with Crippen LogP contribution in [0.15, 0.2) is 30.3 Å². The summed E-state index contributed by atoms with van der Waals surface area (Å²) in [5.74, 6) is 0. The first-order chi connectivity index (χ1) is 4.30. The summed E-state index contributed by atoms with van der Waals surface area (Å²) in [6.45, 7) is 0. The molecule has 0 aliphatic rings.